The Morgan fingerprint density at radius 1 is 0.857 bits per heavy atom. The molecule has 0 fully saturated rings. The summed E-state index contributed by atoms with van der Waals surface area (Å²) in [5, 5.41) is 5.54. The number of hydrogen-bond donors (Lipinski definition) is 3. The predicted octanol–water partition coefficient (Wildman–Crippen LogP) is 5.54. The van der Waals surface area contributed by atoms with Crippen molar-refractivity contribution in [2.24, 2.45) is 0 Å². The molecule has 0 atom stereocenters. The van der Waals surface area contributed by atoms with E-state index in [9.17, 15) is 18.0 Å². The molecule has 3 rings (SSSR count). The van der Waals surface area contributed by atoms with E-state index in [1.807, 2.05) is 33.8 Å². The summed E-state index contributed by atoms with van der Waals surface area (Å²) in [4.78, 5) is 25.5. The molecule has 0 aliphatic carbocycles. The van der Waals surface area contributed by atoms with Gasteiger partial charge in [0.05, 0.1) is 22.0 Å². The quantitative estimate of drug-likeness (QED) is 0.402. The number of amides is 2. The van der Waals surface area contributed by atoms with Gasteiger partial charge in [0.15, 0.2) is 0 Å². The third-order valence-electron chi connectivity index (χ3n) is 5.02. The SMILES string of the molecule is Cc1ccc(NS(=O)(=O)c2cc(C(=O)Nc3ccccc3C(=O)NC(C)(C)C)ccc2Cl)c(C)c1. The Kier molecular flexibility index (Phi) is 7.57. The first kappa shape index (κ1) is 26.2. The number of nitrogens with one attached hydrogen (secondary N) is 3. The minimum atomic E-state index is -4.08. The zero-order valence-corrected chi connectivity index (χ0v) is 21.8. The van der Waals surface area contributed by atoms with Gasteiger partial charge in [-0.05, 0) is 76.6 Å². The second-order valence-electron chi connectivity index (χ2n) is 9.27. The monoisotopic (exact) mass is 513 g/mol. The van der Waals surface area contributed by atoms with E-state index >= 15 is 0 Å². The summed E-state index contributed by atoms with van der Waals surface area (Å²) < 4.78 is 28.7. The molecular weight excluding hydrogens is 486 g/mol. The molecule has 3 N–H and O–H groups in total. The molecule has 0 saturated heterocycles. The molecule has 0 spiro atoms. The fraction of sp³-hybridized carbons (Fsp3) is 0.231. The predicted molar refractivity (Wildman–Crippen MR) is 140 cm³/mol. The highest BCUT2D eigenvalue weighted by Crippen LogP contribution is 2.27. The maximum Gasteiger partial charge on any atom is 0.263 e. The van der Waals surface area contributed by atoms with E-state index in [4.69, 9.17) is 11.6 Å². The molecule has 0 bridgehead atoms. The Labute approximate surface area is 211 Å². The van der Waals surface area contributed by atoms with E-state index in [-0.39, 0.29) is 27.0 Å². The second kappa shape index (κ2) is 10.1. The summed E-state index contributed by atoms with van der Waals surface area (Å²) >= 11 is 6.20. The molecule has 0 radical (unpaired) electrons. The Morgan fingerprint density at radius 3 is 2.20 bits per heavy atom. The van der Waals surface area contributed by atoms with Crippen LogP contribution in [0.1, 0.15) is 52.6 Å². The third kappa shape index (κ3) is 6.61. The summed E-state index contributed by atoms with van der Waals surface area (Å²) in [6.07, 6.45) is 0. The lowest BCUT2D eigenvalue weighted by Gasteiger charge is -2.21. The molecule has 0 saturated carbocycles. The van der Waals surface area contributed by atoms with Gasteiger partial charge in [-0.2, -0.15) is 0 Å². The largest absolute Gasteiger partial charge is 0.347 e. The molecule has 0 unspecified atom stereocenters. The molecule has 184 valence electrons. The molecular formula is C26H28ClN3O4S. The van der Waals surface area contributed by atoms with E-state index in [0.29, 0.717) is 11.4 Å². The first-order valence-electron chi connectivity index (χ1n) is 10.9. The Hall–Kier alpha value is -3.36. The fourth-order valence-corrected chi connectivity index (χ4v) is 5.03. The number of halogens is 1. The van der Waals surface area contributed by atoms with Crippen molar-refractivity contribution in [2.75, 3.05) is 10.0 Å². The lowest BCUT2D eigenvalue weighted by molar-refractivity contribution is 0.0920. The fourth-order valence-electron chi connectivity index (χ4n) is 3.37. The van der Waals surface area contributed by atoms with Crippen LogP contribution < -0.4 is 15.4 Å². The number of para-hydroxylation sites is 1. The van der Waals surface area contributed by atoms with Crippen molar-refractivity contribution < 1.29 is 18.0 Å². The summed E-state index contributed by atoms with van der Waals surface area (Å²) in [7, 11) is -4.08. The molecule has 0 aliphatic heterocycles. The van der Waals surface area contributed by atoms with Gasteiger partial charge in [-0.25, -0.2) is 8.42 Å². The van der Waals surface area contributed by atoms with Gasteiger partial charge in [0.25, 0.3) is 21.8 Å². The number of aryl methyl sites for hydroxylation is 2. The van der Waals surface area contributed by atoms with Gasteiger partial charge in [-0.1, -0.05) is 41.4 Å². The first-order valence-corrected chi connectivity index (χ1v) is 12.8. The normalized spacial score (nSPS) is 11.6. The molecule has 7 nitrogen and oxygen atoms in total. The van der Waals surface area contributed by atoms with Crippen molar-refractivity contribution in [1.82, 2.24) is 5.32 Å². The minimum absolute atomic E-state index is 0.0243. The highest BCUT2D eigenvalue weighted by molar-refractivity contribution is 7.92. The standard InChI is InChI=1S/C26H28ClN3O4S/c1-16-10-13-21(17(2)14-16)30-35(33,34)23-15-18(11-12-20(23)27)24(31)28-22-9-7-6-8-19(22)25(32)29-26(3,4)5/h6-15,30H,1-5H3,(H,28,31)(H,29,32). The molecule has 3 aromatic carbocycles. The van der Waals surface area contributed by atoms with Gasteiger partial charge in [0.1, 0.15) is 4.90 Å². The van der Waals surface area contributed by atoms with Crippen LogP contribution in [0.2, 0.25) is 5.02 Å². The van der Waals surface area contributed by atoms with Gasteiger partial charge in [0.2, 0.25) is 0 Å². The number of hydrogen-bond acceptors (Lipinski definition) is 4. The number of benzene rings is 3. The average molecular weight is 514 g/mol. The number of anilines is 2. The highest BCUT2D eigenvalue weighted by Gasteiger charge is 2.23. The topological polar surface area (TPSA) is 104 Å². The van der Waals surface area contributed by atoms with E-state index in [0.717, 1.165) is 11.1 Å². The van der Waals surface area contributed by atoms with Crippen LogP contribution in [0.4, 0.5) is 11.4 Å². The van der Waals surface area contributed by atoms with Crippen LogP contribution in [0.15, 0.2) is 65.6 Å². The molecule has 0 heterocycles. The van der Waals surface area contributed by atoms with Gasteiger partial charge >= 0.3 is 0 Å². The summed E-state index contributed by atoms with van der Waals surface area (Å²) in [5.41, 5.74) is 2.36. The smallest absolute Gasteiger partial charge is 0.263 e. The minimum Gasteiger partial charge on any atom is -0.347 e. The summed E-state index contributed by atoms with van der Waals surface area (Å²) in [6, 6.07) is 15.9. The van der Waals surface area contributed by atoms with Crippen molar-refractivity contribution in [3.8, 4) is 0 Å². The van der Waals surface area contributed by atoms with Crippen LogP contribution in [-0.2, 0) is 10.0 Å². The maximum absolute atomic E-state index is 13.1. The number of carbonyl (C=O) groups excluding carboxylic acids is 2. The van der Waals surface area contributed by atoms with Crippen LogP contribution >= 0.6 is 11.6 Å². The molecule has 35 heavy (non-hydrogen) atoms. The van der Waals surface area contributed by atoms with E-state index < -0.39 is 21.5 Å². The van der Waals surface area contributed by atoms with Crippen molar-refractivity contribution in [2.45, 2.75) is 45.1 Å². The highest BCUT2D eigenvalue weighted by atomic mass is 35.5. The van der Waals surface area contributed by atoms with E-state index in [1.165, 1.54) is 18.2 Å². The molecule has 3 aromatic rings. The van der Waals surface area contributed by atoms with Gasteiger partial charge in [-0.15, -0.1) is 0 Å². The van der Waals surface area contributed by atoms with Crippen LogP contribution in [0.5, 0.6) is 0 Å². The van der Waals surface area contributed by atoms with Gasteiger partial charge in [-0.3, -0.25) is 14.3 Å². The molecule has 2 amide bonds. The molecule has 0 aliphatic rings. The second-order valence-corrected chi connectivity index (χ2v) is 11.3. The van der Waals surface area contributed by atoms with Crippen LogP contribution in [0, 0.1) is 13.8 Å². The van der Waals surface area contributed by atoms with Crippen LogP contribution in [0.25, 0.3) is 0 Å². The van der Waals surface area contributed by atoms with Crippen LogP contribution in [0.3, 0.4) is 0 Å². The van der Waals surface area contributed by atoms with Crippen molar-refractivity contribution in [3.05, 3.63) is 87.9 Å². The van der Waals surface area contributed by atoms with E-state index in [1.54, 1.807) is 43.3 Å². The van der Waals surface area contributed by atoms with Crippen LogP contribution in [-0.4, -0.2) is 25.8 Å². The van der Waals surface area contributed by atoms with Crippen molar-refractivity contribution in [3.63, 3.8) is 0 Å². The van der Waals surface area contributed by atoms with Gasteiger partial charge in [0, 0.05) is 11.1 Å². The lowest BCUT2D eigenvalue weighted by Crippen LogP contribution is -2.40. The average Bonchev–Trinajstić information content (AvgIpc) is 2.75. The Balaban J connectivity index is 1.89. The number of rotatable bonds is 6. The van der Waals surface area contributed by atoms with E-state index in [2.05, 4.69) is 15.4 Å². The van der Waals surface area contributed by atoms with Gasteiger partial charge < -0.3 is 10.6 Å². The lowest BCUT2D eigenvalue weighted by atomic mass is 10.1. The molecule has 0 aromatic heterocycles. The number of carbonyl (C=O) groups is 2. The summed E-state index contributed by atoms with van der Waals surface area (Å²) in [6.45, 7) is 9.27. The number of sulfonamides is 1. The Morgan fingerprint density at radius 2 is 1.54 bits per heavy atom. The summed E-state index contributed by atoms with van der Waals surface area (Å²) in [5.74, 6) is -0.925. The zero-order valence-electron chi connectivity index (χ0n) is 20.2. The Bertz CT molecular complexity index is 1400. The van der Waals surface area contributed by atoms with Crippen molar-refractivity contribution >= 4 is 44.8 Å². The maximum atomic E-state index is 13.1. The zero-order chi connectivity index (χ0) is 26.0. The molecule has 9 heteroatoms. The van der Waals surface area contributed by atoms with Crippen molar-refractivity contribution in [1.29, 1.82) is 0 Å². The third-order valence-corrected chi connectivity index (χ3v) is 6.86. The first-order chi connectivity index (χ1) is 16.3.